The van der Waals surface area contributed by atoms with E-state index in [1.54, 1.807) is 11.0 Å². The molecule has 0 bridgehead atoms. The lowest BCUT2D eigenvalue weighted by molar-refractivity contribution is -0.150. The predicted octanol–water partition coefficient (Wildman–Crippen LogP) is 2.65. The van der Waals surface area contributed by atoms with Gasteiger partial charge in [0.1, 0.15) is 23.4 Å². The monoisotopic (exact) mass is 489 g/mol. The van der Waals surface area contributed by atoms with Gasteiger partial charge in [0.15, 0.2) is 5.67 Å². The Morgan fingerprint density at radius 1 is 1.23 bits per heavy atom. The summed E-state index contributed by atoms with van der Waals surface area (Å²) < 4.78 is 40.8. The second-order valence-electron chi connectivity index (χ2n) is 9.38. The van der Waals surface area contributed by atoms with Crippen molar-refractivity contribution >= 4 is 17.6 Å². The fraction of sp³-hybridized carbons (Fsp3) is 0.500. The first-order chi connectivity index (χ1) is 16.8. The number of hydrogen-bond acceptors (Lipinski definition) is 8. The third kappa shape index (κ3) is 4.70. The van der Waals surface area contributed by atoms with Crippen molar-refractivity contribution in [3.63, 3.8) is 0 Å². The van der Waals surface area contributed by atoms with Gasteiger partial charge in [0, 0.05) is 64.0 Å². The van der Waals surface area contributed by atoms with Crippen LogP contribution in [0.4, 0.5) is 14.8 Å². The first-order valence-electron chi connectivity index (χ1n) is 11.7. The smallest absolute Gasteiger partial charge is 0.292 e. The third-order valence-corrected chi connectivity index (χ3v) is 7.05. The largest absolute Gasteiger partial charge is 0.482 e. The summed E-state index contributed by atoms with van der Waals surface area (Å²) in [6.07, 6.45) is 4.59. The number of hydrogen-bond donors (Lipinski definition) is 2. The highest BCUT2D eigenvalue weighted by Gasteiger charge is 2.47. The minimum Gasteiger partial charge on any atom is -0.482 e. The van der Waals surface area contributed by atoms with Crippen LogP contribution in [0.2, 0.25) is 0 Å². The lowest BCUT2D eigenvalue weighted by Gasteiger charge is -2.45. The number of fused-ring (bicyclic) bond motifs is 1. The Morgan fingerprint density at radius 2 is 1.97 bits per heavy atom. The van der Waals surface area contributed by atoms with Gasteiger partial charge in [-0.1, -0.05) is 0 Å². The van der Waals surface area contributed by atoms with E-state index in [-0.39, 0.29) is 24.7 Å². The lowest BCUT2D eigenvalue weighted by atomic mass is 9.85. The number of hydroxylamine groups is 1. The molecule has 1 aromatic carbocycles. The molecule has 3 aliphatic heterocycles. The van der Waals surface area contributed by atoms with Crippen LogP contribution in [-0.4, -0.2) is 65.2 Å². The van der Waals surface area contributed by atoms with Crippen LogP contribution in [0.1, 0.15) is 36.9 Å². The Bertz CT molecular complexity index is 1120. The zero-order valence-electron chi connectivity index (χ0n) is 19.6. The molecule has 2 aromatic rings. The summed E-state index contributed by atoms with van der Waals surface area (Å²) in [5.74, 6) is -0.302. The minimum absolute atomic E-state index is 0.104. The number of ether oxygens (including phenoxy) is 1. The van der Waals surface area contributed by atoms with E-state index in [4.69, 9.17) is 19.7 Å². The Labute approximate surface area is 201 Å². The second kappa shape index (κ2) is 9.12. The highest BCUT2D eigenvalue weighted by Crippen LogP contribution is 2.41. The van der Waals surface area contributed by atoms with E-state index in [2.05, 4.69) is 10.5 Å². The number of alkyl halides is 1. The number of carbonyl (C=O) groups is 1. The van der Waals surface area contributed by atoms with Crippen LogP contribution in [0.25, 0.3) is 5.70 Å². The van der Waals surface area contributed by atoms with E-state index >= 15 is 4.39 Å². The molecule has 3 N–H and O–H groups in total. The molecule has 9 nitrogen and oxygen atoms in total. The van der Waals surface area contributed by atoms with Gasteiger partial charge in [-0.3, -0.25) is 20.0 Å². The number of carbonyl (C=O) groups excluding carboxylic acids is 1. The second-order valence-corrected chi connectivity index (χ2v) is 9.38. The third-order valence-electron chi connectivity index (χ3n) is 7.05. The number of amides is 1. The first-order valence-corrected chi connectivity index (χ1v) is 11.7. The summed E-state index contributed by atoms with van der Waals surface area (Å²) in [5, 5.41) is 0. The number of likely N-dealkylation sites (tertiary alicyclic amines) is 2. The van der Waals surface area contributed by atoms with Crippen molar-refractivity contribution < 1.29 is 27.6 Å². The van der Waals surface area contributed by atoms with Gasteiger partial charge >= 0.3 is 0 Å². The predicted molar refractivity (Wildman–Crippen MR) is 123 cm³/mol. The van der Waals surface area contributed by atoms with Gasteiger partial charge in [-0.15, -0.1) is 0 Å². The lowest BCUT2D eigenvalue weighted by Crippen LogP contribution is -2.56. The molecule has 5 rings (SSSR count). The summed E-state index contributed by atoms with van der Waals surface area (Å²) >= 11 is 0. The van der Waals surface area contributed by atoms with Crippen molar-refractivity contribution in [3.8, 4) is 5.75 Å². The summed E-state index contributed by atoms with van der Waals surface area (Å²) in [6, 6.07) is 4.42. The number of nitrogens with two attached hydrogens (primary N) is 1. The Balaban J connectivity index is 1.21. The molecular weight excluding hydrogens is 460 g/mol. The van der Waals surface area contributed by atoms with Crippen molar-refractivity contribution in [1.29, 1.82) is 0 Å². The molecule has 3 aliphatic rings. The van der Waals surface area contributed by atoms with Crippen molar-refractivity contribution in [1.82, 2.24) is 20.3 Å². The number of benzene rings is 1. The van der Waals surface area contributed by atoms with E-state index in [1.165, 1.54) is 25.5 Å². The maximum atomic E-state index is 15.7. The van der Waals surface area contributed by atoms with E-state index < -0.39 is 17.2 Å². The fourth-order valence-corrected chi connectivity index (χ4v) is 5.11. The van der Waals surface area contributed by atoms with Gasteiger partial charge in [-0.25, -0.2) is 8.78 Å². The van der Waals surface area contributed by atoms with Gasteiger partial charge in [0.05, 0.1) is 18.5 Å². The van der Waals surface area contributed by atoms with Crippen LogP contribution in [0.3, 0.4) is 0 Å². The van der Waals surface area contributed by atoms with Crippen molar-refractivity contribution in [2.75, 3.05) is 39.0 Å². The quantitative estimate of drug-likeness (QED) is 0.618. The average molecular weight is 490 g/mol. The summed E-state index contributed by atoms with van der Waals surface area (Å²) in [7, 11) is 1.48. The van der Waals surface area contributed by atoms with Crippen LogP contribution in [0.15, 0.2) is 35.0 Å². The summed E-state index contributed by atoms with van der Waals surface area (Å²) in [5.41, 5.74) is 7.61. The highest BCUT2D eigenvalue weighted by atomic mass is 19.1. The molecular formula is C24H29F2N5O4. The number of anilines is 1. The minimum atomic E-state index is -1.89. The maximum Gasteiger partial charge on any atom is 0.292 e. The molecule has 4 heterocycles. The van der Waals surface area contributed by atoms with Gasteiger partial charge < -0.3 is 19.8 Å². The zero-order chi connectivity index (χ0) is 24.6. The van der Waals surface area contributed by atoms with Crippen LogP contribution >= 0.6 is 0 Å². The molecule has 0 saturated carbocycles. The molecule has 1 spiro atoms. The van der Waals surface area contributed by atoms with E-state index in [0.717, 1.165) is 0 Å². The van der Waals surface area contributed by atoms with Gasteiger partial charge in [-0.05, 0) is 24.3 Å². The standard InChI is InChI=1S/C24H29F2N5O4/c1-33-29-19-13-23(35-20-3-2-16(25)12-18(19)20)4-10-31(11-5-23)21(32)24(26)6-8-30(9-7-24)14-17-15-34-22(27)28-17/h2-3,12-13,15,29H,4-11,14H2,1H3,(H2,27,28). The summed E-state index contributed by atoms with van der Waals surface area (Å²) in [4.78, 5) is 26.0. The van der Waals surface area contributed by atoms with E-state index in [0.29, 0.717) is 68.3 Å². The normalized spacial score (nSPS) is 21.2. The van der Waals surface area contributed by atoms with Crippen molar-refractivity contribution in [2.24, 2.45) is 0 Å². The average Bonchev–Trinajstić information content (AvgIpc) is 3.26. The number of piperidine rings is 2. The summed E-state index contributed by atoms with van der Waals surface area (Å²) in [6.45, 7) is 2.11. The van der Waals surface area contributed by atoms with E-state index in [9.17, 15) is 9.18 Å². The van der Waals surface area contributed by atoms with Crippen molar-refractivity contribution in [3.05, 3.63) is 47.6 Å². The number of nitrogens with zero attached hydrogens (tertiary/aromatic N) is 3. The fourth-order valence-electron chi connectivity index (χ4n) is 5.11. The zero-order valence-corrected chi connectivity index (χ0v) is 19.6. The molecule has 0 radical (unpaired) electrons. The Hall–Kier alpha value is -3.18. The first kappa shape index (κ1) is 23.6. The topological polar surface area (TPSA) is 106 Å². The van der Waals surface area contributed by atoms with Gasteiger partial charge in [0.2, 0.25) is 0 Å². The molecule has 35 heavy (non-hydrogen) atoms. The highest BCUT2D eigenvalue weighted by molar-refractivity contribution is 5.85. The molecule has 11 heteroatoms. The molecule has 2 saturated heterocycles. The Kier molecular flexibility index (Phi) is 6.14. The Morgan fingerprint density at radius 3 is 2.63 bits per heavy atom. The van der Waals surface area contributed by atoms with Crippen LogP contribution in [-0.2, 0) is 16.2 Å². The van der Waals surface area contributed by atoms with Crippen LogP contribution in [0.5, 0.6) is 5.75 Å². The molecule has 188 valence electrons. The number of nitrogens with one attached hydrogen (secondary N) is 1. The number of nitrogen functional groups attached to an aromatic ring is 1. The molecule has 1 aromatic heterocycles. The number of aromatic nitrogens is 1. The molecule has 0 aliphatic carbocycles. The van der Waals surface area contributed by atoms with Gasteiger partial charge in [-0.2, -0.15) is 4.98 Å². The van der Waals surface area contributed by atoms with Crippen molar-refractivity contribution in [2.45, 2.75) is 43.5 Å². The number of oxazole rings is 1. The van der Waals surface area contributed by atoms with Crippen LogP contribution < -0.4 is 16.0 Å². The molecule has 1 amide bonds. The number of halogens is 2. The SMILES string of the molecule is CONC1=CC2(CCN(C(=O)C3(F)CCN(Cc4coc(N)n4)CC3)CC2)Oc2ccc(F)cc21. The molecule has 2 fully saturated rings. The van der Waals surface area contributed by atoms with Gasteiger partial charge in [0.25, 0.3) is 11.9 Å². The van der Waals surface area contributed by atoms with Crippen LogP contribution in [0, 0.1) is 5.82 Å². The molecule has 0 atom stereocenters. The molecule has 0 unspecified atom stereocenters. The maximum absolute atomic E-state index is 15.7. The van der Waals surface area contributed by atoms with E-state index in [1.807, 2.05) is 11.0 Å². The number of rotatable bonds is 5.